The number of ether oxygens (including phenoxy) is 1. The molecule has 0 bridgehead atoms. The lowest BCUT2D eigenvalue weighted by molar-refractivity contribution is 0.0470. The van der Waals surface area contributed by atoms with E-state index in [-0.39, 0.29) is 0 Å². The summed E-state index contributed by atoms with van der Waals surface area (Å²) in [6.45, 7) is 2.85. The van der Waals surface area contributed by atoms with Gasteiger partial charge in [-0.25, -0.2) is 0 Å². The Labute approximate surface area is 72.3 Å². The highest BCUT2D eigenvalue weighted by atomic mass is 16.5. The van der Waals surface area contributed by atoms with Gasteiger partial charge in [0.2, 0.25) is 0 Å². The lowest BCUT2D eigenvalue weighted by Gasteiger charge is -2.21. The van der Waals surface area contributed by atoms with Crippen LogP contribution in [-0.4, -0.2) is 23.0 Å². The Bertz CT molecular complexity index is 214. The van der Waals surface area contributed by atoms with Crippen LogP contribution in [0.4, 0.5) is 0 Å². The lowest BCUT2D eigenvalue weighted by atomic mass is 10.0. The molecule has 0 aliphatic carbocycles. The largest absolute Gasteiger partial charge is 0.381 e. The van der Waals surface area contributed by atoms with Crippen LogP contribution in [0.2, 0.25) is 0 Å². The van der Waals surface area contributed by atoms with E-state index < -0.39 is 0 Å². The second-order valence-electron chi connectivity index (χ2n) is 3.31. The van der Waals surface area contributed by atoms with Crippen molar-refractivity contribution in [3.8, 4) is 0 Å². The lowest BCUT2D eigenvalue weighted by Crippen LogP contribution is -2.22. The third-order valence-corrected chi connectivity index (χ3v) is 2.26. The molecule has 2 heterocycles. The quantitative estimate of drug-likeness (QED) is 0.662. The van der Waals surface area contributed by atoms with E-state index in [2.05, 4.69) is 5.10 Å². The third-order valence-electron chi connectivity index (χ3n) is 2.26. The number of rotatable bonds is 2. The molecule has 3 heteroatoms. The summed E-state index contributed by atoms with van der Waals surface area (Å²) in [5, 5.41) is 4.17. The van der Waals surface area contributed by atoms with Gasteiger partial charge in [-0.3, -0.25) is 4.68 Å². The summed E-state index contributed by atoms with van der Waals surface area (Å²) in [5.74, 6) is 0.665. The minimum absolute atomic E-state index is 0.665. The van der Waals surface area contributed by atoms with Gasteiger partial charge in [0, 0.05) is 31.5 Å². The van der Waals surface area contributed by atoms with Crippen LogP contribution >= 0.6 is 0 Å². The fourth-order valence-corrected chi connectivity index (χ4v) is 1.62. The Morgan fingerprint density at radius 1 is 1.58 bits per heavy atom. The molecule has 1 fully saturated rings. The summed E-state index contributed by atoms with van der Waals surface area (Å²) in [7, 11) is 0. The average molecular weight is 166 g/mol. The molecule has 0 amide bonds. The van der Waals surface area contributed by atoms with Crippen molar-refractivity contribution >= 4 is 0 Å². The summed E-state index contributed by atoms with van der Waals surface area (Å²) in [6.07, 6.45) is 6.31. The number of nitrogens with zero attached hydrogens (tertiary/aromatic N) is 2. The Kier molecular flexibility index (Phi) is 2.42. The van der Waals surface area contributed by atoms with E-state index in [9.17, 15) is 0 Å². The molecule has 0 radical (unpaired) electrons. The van der Waals surface area contributed by atoms with Crippen molar-refractivity contribution < 1.29 is 4.74 Å². The molecular formula is C9H14N2O. The van der Waals surface area contributed by atoms with Gasteiger partial charge in [-0.05, 0) is 18.9 Å². The van der Waals surface area contributed by atoms with Crippen LogP contribution in [0, 0.1) is 5.92 Å². The number of hydrogen-bond donors (Lipinski definition) is 0. The predicted molar refractivity (Wildman–Crippen MR) is 45.8 cm³/mol. The Morgan fingerprint density at radius 3 is 3.25 bits per heavy atom. The smallest absolute Gasteiger partial charge is 0.0511 e. The van der Waals surface area contributed by atoms with E-state index in [0.29, 0.717) is 5.92 Å². The molecule has 1 aromatic heterocycles. The van der Waals surface area contributed by atoms with Gasteiger partial charge in [0.1, 0.15) is 0 Å². The molecule has 12 heavy (non-hydrogen) atoms. The van der Waals surface area contributed by atoms with Crippen LogP contribution < -0.4 is 0 Å². The number of hydrogen-bond acceptors (Lipinski definition) is 2. The van der Waals surface area contributed by atoms with Crippen molar-refractivity contribution in [1.29, 1.82) is 0 Å². The van der Waals surface area contributed by atoms with Gasteiger partial charge in [0.05, 0.1) is 6.61 Å². The molecule has 0 N–H and O–H groups in total. The highest BCUT2D eigenvalue weighted by Crippen LogP contribution is 2.14. The molecule has 66 valence electrons. The number of aromatic nitrogens is 2. The molecule has 2 rings (SSSR count). The second kappa shape index (κ2) is 3.72. The summed E-state index contributed by atoms with van der Waals surface area (Å²) in [6, 6.07) is 1.96. The van der Waals surface area contributed by atoms with E-state index in [0.717, 1.165) is 19.8 Å². The zero-order valence-corrected chi connectivity index (χ0v) is 7.15. The monoisotopic (exact) mass is 166 g/mol. The van der Waals surface area contributed by atoms with E-state index in [1.807, 2.05) is 23.1 Å². The Hall–Kier alpha value is -0.830. The van der Waals surface area contributed by atoms with Crippen LogP contribution in [-0.2, 0) is 11.3 Å². The van der Waals surface area contributed by atoms with Gasteiger partial charge < -0.3 is 4.74 Å². The second-order valence-corrected chi connectivity index (χ2v) is 3.31. The molecule has 1 aliphatic rings. The van der Waals surface area contributed by atoms with Crippen molar-refractivity contribution in [3.05, 3.63) is 18.5 Å². The zero-order chi connectivity index (χ0) is 8.23. The first-order valence-electron chi connectivity index (χ1n) is 4.50. The summed E-state index contributed by atoms with van der Waals surface area (Å²) in [5.41, 5.74) is 0. The molecule has 1 aromatic rings. The SMILES string of the molecule is c1cnn(C[C@@H]2CCCOC2)c1. The van der Waals surface area contributed by atoms with Crippen LogP contribution in [0.25, 0.3) is 0 Å². The minimum Gasteiger partial charge on any atom is -0.381 e. The summed E-state index contributed by atoms with van der Waals surface area (Å²) in [4.78, 5) is 0. The Balaban J connectivity index is 1.86. The van der Waals surface area contributed by atoms with Crippen LogP contribution in [0.3, 0.4) is 0 Å². The fourth-order valence-electron chi connectivity index (χ4n) is 1.62. The molecule has 0 saturated carbocycles. The maximum atomic E-state index is 5.39. The van der Waals surface area contributed by atoms with Gasteiger partial charge in [-0.2, -0.15) is 5.10 Å². The van der Waals surface area contributed by atoms with Gasteiger partial charge >= 0.3 is 0 Å². The Morgan fingerprint density at radius 2 is 2.58 bits per heavy atom. The van der Waals surface area contributed by atoms with Crippen molar-refractivity contribution in [2.45, 2.75) is 19.4 Å². The molecule has 0 unspecified atom stereocenters. The summed E-state index contributed by atoms with van der Waals surface area (Å²) >= 11 is 0. The van der Waals surface area contributed by atoms with Gasteiger partial charge in [-0.15, -0.1) is 0 Å². The molecule has 3 nitrogen and oxygen atoms in total. The van der Waals surface area contributed by atoms with E-state index in [4.69, 9.17) is 4.74 Å². The van der Waals surface area contributed by atoms with Crippen molar-refractivity contribution in [3.63, 3.8) is 0 Å². The van der Waals surface area contributed by atoms with Gasteiger partial charge in [0.25, 0.3) is 0 Å². The van der Waals surface area contributed by atoms with E-state index >= 15 is 0 Å². The zero-order valence-electron chi connectivity index (χ0n) is 7.15. The van der Waals surface area contributed by atoms with Crippen LogP contribution in [0.15, 0.2) is 18.5 Å². The van der Waals surface area contributed by atoms with Gasteiger partial charge in [0.15, 0.2) is 0 Å². The first kappa shape index (κ1) is 7.80. The highest BCUT2D eigenvalue weighted by Gasteiger charge is 2.13. The fraction of sp³-hybridized carbons (Fsp3) is 0.667. The van der Waals surface area contributed by atoms with E-state index in [1.54, 1.807) is 0 Å². The molecule has 1 aliphatic heterocycles. The molecule has 1 saturated heterocycles. The standard InChI is InChI=1S/C9H14N2O/c1-3-9(8-12-6-1)7-11-5-2-4-10-11/h2,4-5,9H,1,3,6-8H2/t9-/m0/s1. The third kappa shape index (κ3) is 1.85. The van der Waals surface area contributed by atoms with Crippen LogP contribution in [0.1, 0.15) is 12.8 Å². The molecular weight excluding hydrogens is 152 g/mol. The maximum absolute atomic E-state index is 5.39. The topological polar surface area (TPSA) is 27.1 Å². The molecule has 0 spiro atoms. The van der Waals surface area contributed by atoms with Crippen molar-refractivity contribution in [2.24, 2.45) is 5.92 Å². The first-order chi connectivity index (χ1) is 5.95. The summed E-state index contributed by atoms with van der Waals surface area (Å²) < 4.78 is 7.38. The molecule has 0 aromatic carbocycles. The van der Waals surface area contributed by atoms with Gasteiger partial charge in [-0.1, -0.05) is 0 Å². The van der Waals surface area contributed by atoms with Crippen molar-refractivity contribution in [2.75, 3.05) is 13.2 Å². The maximum Gasteiger partial charge on any atom is 0.0511 e. The average Bonchev–Trinajstić information content (AvgIpc) is 2.59. The van der Waals surface area contributed by atoms with Crippen LogP contribution in [0.5, 0.6) is 0 Å². The van der Waals surface area contributed by atoms with Crippen molar-refractivity contribution in [1.82, 2.24) is 9.78 Å². The van der Waals surface area contributed by atoms with E-state index in [1.165, 1.54) is 12.8 Å². The first-order valence-corrected chi connectivity index (χ1v) is 4.50. The molecule has 1 atom stereocenters. The minimum atomic E-state index is 0.665. The predicted octanol–water partition coefficient (Wildman–Crippen LogP) is 1.31. The highest BCUT2D eigenvalue weighted by molar-refractivity contribution is 4.78. The normalized spacial score (nSPS) is 24.2.